The predicted molar refractivity (Wildman–Crippen MR) is 126 cm³/mol. The van der Waals surface area contributed by atoms with Crippen molar-refractivity contribution in [1.29, 1.82) is 0 Å². The molecular formula is C22H16Cl2N2O5S. The minimum absolute atomic E-state index is 0.0315. The third-order valence-corrected chi connectivity index (χ3v) is 5.93. The molecule has 3 rings (SSSR count). The van der Waals surface area contributed by atoms with Crippen LogP contribution in [0.25, 0.3) is 6.08 Å². The van der Waals surface area contributed by atoms with Crippen molar-refractivity contribution in [1.82, 2.24) is 4.90 Å². The van der Waals surface area contributed by atoms with Crippen LogP contribution in [0.15, 0.2) is 40.2 Å². The van der Waals surface area contributed by atoms with Gasteiger partial charge >= 0.3 is 5.97 Å². The Morgan fingerprint density at radius 3 is 2.72 bits per heavy atom. The number of carbonyl (C=O) groups is 2. The van der Waals surface area contributed by atoms with Crippen molar-refractivity contribution in [3.8, 4) is 23.8 Å². The number of rotatable bonds is 6. The van der Waals surface area contributed by atoms with Crippen molar-refractivity contribution in [2.75, 3.05) is 20.8 Å². The Labute approximate surface area is 198 Å². The summed E-state index contributed by atoms with van der Waals surface area (Å²) in [6.45, 7) is 0.0315. The average molecular weight is 491 g/mol. The molecule has 164 valence electrons. The molecule has 1 fully saturated rings. The lowest BCUT2D eigenvalue weighted by Crippen LogP contribution is -2.23. The molecule has 0 saturated carbocycles. The van der Waals surface area contributed by atoms with Crippen LogP contribution in [0.1, 0.15) is 15.9 Å². The fraction of sp³-hybridized carbons (Fsp3) is 0.136. The van der Waals surface area contributed by atoms with Crippen LogP contribution in [0, 0.1) is 12.3 Å². The van der Waals surface area contributed by atoms with Crippen LogP contribution < -0.4 is 9.47 Å². The van der Waals surface area contributed by atoms with Gasteiger partial charge in [0.2, 0.25) is 0 Å². The van der Waals surface area contributed by atoms with Crippen LogP contribution in [0.5, 0.6) is 11.5 Å². The van der Waals surface area contributed by atoms with Crippen LogP contribution in [-0.4, -0.2) is 47.8 Å². The Kier molecular flexibility index (Phi) is 7.36. The summed E-state index contributed by atoms with van der Waals surface area (Å²) in [6, 6.07) is 7.66. The molecule has 10 heteroatoms. The van der Waals surface area contributed by atoms with E-state index in [0.29, 0.717) is 32.8 Å². The lowest BCUT2D eigenvalue weighted by atomic mass is 10.2. The van der Waals surface area contributed by atoms with E-state index in [1.165, 1.54) is 24.1 Å². The molecule has 0 unspecified atom stereocenters. The number of amidine groups is 1. The molecule has 0 bridgehead atoms. The fourth-order valence-electron chi connectivity index (χ4n) is 2.74. The number of likely N-dealkylation sites (N-methyl/N-ethyl adjacent to an activating group) is 1. The highest BCUT2D eigenvalue weighted by Crippen LogP contribution is 2.39. The molecule has 2 aromatic rings. The van der Waals surface area contributed by atoms with Gasteiger partial charge in [0.05, 0.1) is 33.3 Å². The van der Waals surface area contributed by atoms with Gasteiger partial charge in [-0.05, 0) is 53.7 Å². The molecule has 1 N–H and O–H groups in total. The van der Waals surface area contributed by atoms with Gasteiger partial charge in [-0.1, -0.05) is 29.1 Å². The predicted octanol–water partition coefficient (Wildman–Crippen LogP) is 4.95. The van der Waals surface area contributed by atoms with Gasteiger partial charge in [0.25, 0.3) is 5.91 Å². The summed E-state index contributed by atoms with van der Waals surface area (Å²) in [5, 5.41) is 10.0. The maximum Gasteiger partial charge on any atom is 0.337 e. The number of ether oxygens (including phenoxy) is 2. The topological polar surface area (TPSA) is 88.4 Å². The number of amides is 1. The quantitative estimate of drug-likeness (QED) is 0.455. The second-order valence-electron chi connectivity index (χ2n) is 6.37. The molecule has 0 spiro atoms. The molecule has 1 saturated heterocycles. The van der Waals surface area contributed by atoms with E-state index >= 15 is 0 Å². The standard InChI is InChI=1S/C22H16Cl2N2O5S/c1-4-7-31-19-16(24)8-12(9-17(19)30-3)10-18-20(27)26(2)22(32-18)25-13-5-6-15(23)14(11-13)21(28)29/h1,5-6,8-11H,7H2,2-3H3,(H,28,29)/b18-10-,25-22?. The first-order valence-corrected chi connectivity index (χ1v) is 10.5. The van der Waals surface area contributed by atoms with Crippen LogP contribution in [0.4, 0.5) is 5.69 Å². The van der Waals surface area contributed by atoms with E-state index < -0.39 is 5.97 Å². The van der Waals surface area contributed by atoms with E-state index in [-0.39, 0.29) is 28.1 Å². The Morgan fingerprint density at radius 1 is 1.31 bits per heavy atom. The Balaban J connectivity index is 1.93. The summed E-state index contributed by atoms with van der Waals surface area (Å²) >= 11 is 13.3. The molecule has 0 aromatic heterocycles. The van der Waals surface area contributed by atoms with Crippen LogP contribution >= 0.6 is 35.0 Å². The summed E-state index contributed by atoms with van der Waals surface area (Å²) in [4.78, 5) is 30.2. The first kappa shape index (κ1) is 23.5. The third kappa shape index (κ3) is 5.02. The zero-order valence-corrected chi connectivity index (χ0v) is 19.2. The molecule has 1 heterocycles. The van der Waals surface area contributed by atoms with Crippen LogP contribution in [-0.2, 0) is 4.79 Å². The van der Waals surface area contributed by atoms with E-state index in [1.54, 1.807) is 31.3 Å². The number of aliphatic imine (C=N–C) groups is 1. The summed E-state index contributed by atoms with van der Waals surface area (Å²) in [5.74, 6) is 1.61. The van der Waals surface area contributed by atoms with Crippen molar-refractivity contribution >= 4 is 63.8 Å². The van der Waals surface area contributed by atoms with Gasteiger partial charge in [-0.3, -0.25) is 9.69 Å². The summed E-state index contributed by atoms with van der Waals surface area (Å²) in [7, 11) is 3.05. The smallest absolute Gasteiger partial charge is 0.337 e. The highest BCUT2D eigenvalue weighted by atomic mass is 35.5. The minimum atomic E-state index is -1.17. The van der Waals surface area contributed by atoms with Gasteiger partial charge in [0.15, 0.2) is 16.7 Å². The zero-order valence-electron chi connectivity index (χ0n) is 16.9. The maximum atomic E-state index is 12.7. The van der Waals surface area contributed by atoms with Crippen molar-refractivity contribution in [3.05, 3.63) is 56.4 Å². The van der Waals surface area contributed by atoms with E-state index in [1.807, 2.05) is 0 Å². The van der Waals surface area contributed by atoms with Gasteiger partial charge in [0, 0.05) is 7.05 Å². The van der Waals surface area contributed by atoms with Gasteiger partial charge in [0.1, 0.15) is 6.61 Å². The van der Waals surface area contributed by atoms with Crippen LogP contribution in [0.3, 0.4) is 0 Å². The number of carboxylic acid groups (broad SMARTS) is 1. The lowest BCUT2D eigenvalue weighted by molar-refractivity contribution is -0.121. The Hall–Kier alpha value is -3.12. The fourth-order valence-corrected chi connectivity index (χ4v) is 4.20. The largest absolute Gasteiger partial charge is 0.493 e. The van der Waals surface area contributed by atoms with E-state index in [9.17, 15) is 14.7 Å². The van der Waals surface area contributed by atoms with Crippen molar-refractivity contribution in [2.45, 2.75) is 0 Å². The van der Waals surface area contributed by atoms with E-state index in [2.05, 4.69) is 10.9 Å². The highest BCUT2D eigenvalue weighted by Gasteiger charge is 2.30. The number of benzene rings is 2. The average Bonchev–Trinajstić information content (AvgIpc) is 3.01. The van der Waals surface area contributed by atoms with Gasteiger partial charge in [-0.15, -0.1) is 6.42 Å². The van der Waals surface area contributed by atoms with Crippen molar-refractivity contribution < 1.29 is 24.2 Å². The molecule has 1 amide bonds. The molecule has 1 aliphatic rings. The number of nitrogens with zero attached hydrogens (tertiary/aromatic N) is 2. The number of hydrogen-bond acceptors (Lipinski definition) is 6. The van der Waals surface area contributed by atoms with Crippen molar-refractivity contribution in [3.63, 3.8) is 0 Å². The highest BCUT2D eigenvalue weighted by molar-refractivity contribution is 8.18. The summed E-state index contributed by atoms with van der Waals surface area (Å²) in [5.41, 5.74) is 0.898. The van der Waals surface area contributed by atoms with Gasteiger partial charge in [-0.2, -0.15) is 0 Å². The molecule has 7 nitrogen and oxygen atoms in total. The van der Waals surface area contributed by atoms with Crippen LogP contribution in [0.2, 0.25) is 10.0 Å². The first-order chi connectivity index (χ1) is 15.2. The lowest BCUT2D eigenvalue weighted by Gasteiger charge is -2.11. The summed E-state index contributed by atoms with van der Waals surface area (Å²) in [6.07, 6.45) is 6.87. The zero-order chi connectivity index (χ0) is 23.4. The number of carboxylic acids is 1. The molecule has 0 atom stereocenters. The van der Waals surface area contributed by atoms with Crippen molar-refractivity contribution in [2.24, 2.45) is 4.99 Å². The number of halogens is 2. The number of hydrogen-bond donors (Lipinski definition) is 1. The SMILES string of the molecule is C#CCOc1c(Cl)cc(/C=C2\SC(=Nc3ccc(Cl)c(C(=O)O)c3)N(C)C2=O)cc1OC. The molecular weight excluding hydrogens is 475 g/mol. The number of carbonyl (C=O) groups excluding carboxylic acids is 1. The van der Waals surface area contributed by atoms with E-state index in [4.69, 9.17) is 39.1 Å². The summed E-state index contributed by atoms with van der Waals surface area (Å²) < 4.78 is 10.7. The minimum Gasteiger partial charge on any atom is -0.493 e. The normalized spacial score (nSPS) is 15.8. The number of thioether (sulfide) groups is 1. The first-order valence-electron chi connectivity index (χ1n) is 8.98. The van der Waals surface area contributed by atoms with Gasteiger partial charge in [-0.25, -0.2) is 9.79 Å². The molecule has 2 aromatic carbocycles. The number of terminal acetylenes is 1. The molecule has 1 aliphatic heterocycles. The monoisotopic (exact) mass is 490 g/mol. The molecule has 32 heavy (non-hydrogen) atoms. The van der Waals surface area contributed by atoms with E-state index in [0.717, 1.165) is 11.8 Å². The third-order valence-electron chi connectivity index (χ3n) is 4.26. The number of methoxy groups -OCH3 is 1. The second-order valence-corrected chi connectivity index (χ2v) is 8.19. The number of aromatic carboxylic acids is 1. The second kappa shape index (κ2) is 10.0. The molecule has 0 aliphatic carbocycles. The Morgan fingerprint density at radius 2 is 2.06 bits per heavy atom. The van der Waals surface area contributed by atoms with Gasteiger partial charge < -0.3 is 14.6 Å². The Bertz CT molecular complexity index is 1200. The molecule has 0 radical (unpaired) electrons. The maximum absolute atomic E-state index is 12.7.